The van der Waals surface area contributed by atoms with Gasteiger partial charge in [-0.3, -0.25) is 4.57 Å². The van der Waals surface area contributed by atoms with Crippen LogP contribution in [0.1, 0.15) is 6.92 Å². The van der Waals surface area contributed by atoms with Crippen LogP contribution in [0.2, 0.25) is 0 Å². The number of benzene rings is 1. The van der Waals surface area contributed by atoms with Crippen LogP contribution in [0.4, 0.5) is 0 Å². The Morgan fingerprint density at radius 3 is 2.94 bits per heavy atom. The van der Waals surface area contributed by atoms with E-state index in [4.69, 9.17) is 10.5 Å². The van der Waals surface area contributed by atoms with Gasteiger partial charge in [0.25, 0.3) is 0 Å². The summed E-state index contributed by atoms with van der Waals surface area (Å²) in [4.78, 5) is 14.5. The predicted octanol–water partition coefficient (Wildman–Crippen LogP) is 0.685. The van der Waals surface area contributed by atoms with Gasteiger partial charge >= 0.3 is 5.69 Å². The summed E-state index contributed by atoms with van der Waals surface area (Å²) in [7, 11) is 1.60. The van der Waals surface area contributed by atoms with Gasteiger partial charge in [0.1, 0.15) is 5.75 Å². The van der Waals surface area contributed by atoms with E-state index in [1.807, 2.05) is 19.1 Å². The second kappa shape index (κ2) is 4.02. The summed E-state index contributed by atoms with van der Waals surface area (Å²) >= 11 is 0. The molecular weight excluding hydrogens is 206 g/mol. The molecule has 0 aliphatic heterocycles. The van der Waals surface area contributed by atoms with Gasteiger partial charge in [0.15, 0.2) is 0 Å². The fourth-order valence-electron chi connectivity index (χ4n) is 1.74. The van der Waals surface area contributed by atoms with Crippen molar-refractivity contribution in [3.05, 3.63) is 28.7 Å². The number of ether oxygens (including phenoxy) is 1. The molecule has 0 bridgehead atoms. The molecule has 1 unspecified atom stereocenters. The van der Waals surface area contributed by atoms with Crippen LogP contribution in [0.5, 0.6) is 5.75 Å². The van der Waals surface area contributed by atoms with Crippen LogP contribution in [0.25, 0.3) is 11.0 Å². The number of hydrogen-bond donors (Lipinski definition) is 2. The molecule has 0 saturated carbocycles. The molecule has 86 valence electrons. The number of aromatic nitrogens is 2. The maximum Gasteiger partial charge on any atom is 0.326 e. The molecule has 2 aromatic rings. The summed E-state index contributed by atoms with van der Waals surface area (Å²) in [5.41, 5.74) is 7.18. The van der Waals surface area contributed by atoms with Gasteiger partial charge < -0.3 is 15.5 Å². The average molecular weight is 221 g/mol. The number of aromatic amines is 1. The maximum atomic E-state index is 11.7. The number of fused-ring (bicyclic) bond motifs is 1. The quantitative estimate of drug-likeness (QED) is 0.800. The Kier molecular flexibility index (Phi) is 2.70. The third kappa shape index (κ3) is 1.81. The van der Waals surface area contributed by atoms with E-state index >= 15 is 0 Å². The minimum Gasteiger partial charge on any atom is -0.497 e. The van der Waals surface area contributed by atoms with Crippen LogP contribution >= 0.6 is 0 Å². The van der Waals surface area contributed by atoms with Crippen LogP contribution in [-0.4, -0.2) is 22.7 Å². The lowest BCUT2D eigenvalue weighted by Crippen LogP contribution is -2.28. The third-order valence-corrected chi connectivity index (χ3v) is 2.45. The maximum absolute atomic E-state index is 11.7. The van der Waals surface area contributed by atoms with Crippen molar-refractivity contribution in [1.29, 1.82) is 0 Å². The van der Waals surface area contributed by atoms with Gasteiger partial charge in [-0.15, -0.1) is 0 Å². The summed E-state index contributed by atoms with van der Waals surface area (Å²) in [6.45, 7) is 2.37. The number of nitrogens with zero attached hydrogens (tertiary/aromatic N) is 1. The highest BCUT2D eigenvalue weighted by Crippen LogP contribution is 2.17. The number of nitrogens with two attached hydrogens (primary N) is 1. The minimum atomic E-state index is -0.138. The van der Waals surface area contributed by atoms with Crippen molar-refractivity contribution >= 4 is 11.0 Å². The highest BCUT2D eigenvalue weighted by atomic mass is 16.5. The van der Waals surface area contributed by atoms with Crippen molar-refractivity contribution in [2.75, 3.05) is 7.11 Å². The van der Waals surface area contributed by atoms with Gasteiger partial charge in [0.05, 0.1) is 18.1 Å². The Balaban J connectivity index is 2.58. The van der Waals surface area contributed by atoms with Crippen LogP contribution in [0.15, 0.2) is 23.0 Å². The second-order valence-corrected chi connectivity index (χ2v) is 3.90. The third-order valence-electron chi connectivity index (χ3n) is 2.45. The summed E-state index contributed by atoms with van der Waals surface area (Å²) in [5.74, 6) is 0.724. The SMILES string of the molecule is COc1ccc2c(c1)[nH]c(=O)n2CC(C)N. The van der Waals surface area contributed by atoms with Gasteiger partial charge in [0.2, 0.25) is 0 Å². The number of nitrogens with one attached hydrogen (secondary N) is 1. The second-order valence-electron chi connectivity index (χ2n) is 3.90. The number of methoxy groups -OCH3 is 1. The molecule has 5 nitrogen and oxygen atoms in total. The Morgan fingerprint density at radius 2 is 2.31 bits per heavy atom. The van der Waals surface area contributed by atoms with Crippen LogP contribution in [0.3, 0.4) is 0 Å². The van der Waals surface area contributed by atoms with E-state index in [2.05, 4.69) is 4.98 Å². The topological polar surface area (TPSA) is 73.0 Å². The highest BCUT2D eigenvalue weighted by Gasteiger charge is 2.08. The Hall–Kier alpha value is -1.75. The molecule has 0 aliphatic carbocycles. The number of imidazole rings is 1. The average Bonchev–Trinajstić information content (AvgIpc) is 2.54. The summed E-state index contributed by atoms with van der Waals surface area (Å²) in [6, 6.07) is 5.43. The molecule has 1 heterocycles. The molecule has 2 rings (SSSR count). The normalized spacial score (nSPS) is 12.9. The molecule has 0 saturated heterocycles. The first-order valence-corrected chi connectivity index (χ1v) is 5.14. The monoisotopic (exact) mass is 221 g/mol. The highest BCUT2D eigenvalue weighted by molar-refractivity contribution is 5.76. The molecule has 0 amide bonds. The molecule has 0 aliphatic rings. The van der Waals surface area contributed by atoms with E-state index < -0.39 is 0 Å². The van der Waals surface area contributed by atoms with Crippen LogP contribution < -0.4 is 16.2 Å². The van der Waals surface area contributed by atoms with E-state index in [9.17, 15) is 4.79 Å². The summed E-state index contributed by atoms with van der Waals surface area (Å²) in [5, 5.41) is 0. The van der Waals surface area contributed by atoms with Crippen molar-refractivity contribution in [3.8, 4) is 5.75 Å². The molecule has 5 heteroatoms. The zero-order valence-corrected chi connectivity index (χ0v) is 9.36. The van der Waals surface area contributed by atoms with Crippen molar-refractivity contribution in [2.24, 2.45) is 5.73 Å². The Bertz CT molecular complexity index is 554. The van der Waals surface area contributed by atoms with Gasteiger partial charge in [-0.1, -0.05) is 0 Å². The lowest BCUT2D eigenvalue weighted by atomic mass is 10.3. The lowest BCUT2D eigenvalue weighted by molar-refractivity contribution is 0.415. The van der Waals surface area contributed by atoms with E-state index in [1.54, 1.807) is 17.7 Å². The first kappa shape index (κ1) is 10.8. The zero-order valence-electron chi connectivity index (χ0n) is 9.36. The van der Waals surface area contributed by atoms with Crippen molar-refractivity contribution in [1.82, 2.24) is 9.55 Å². The van der Waals surface area contributed by atoms with Gasteiger partial charge in [0, 0.05) is 18.7 Å². The molecule has 1 aromatic heterocycles. The summed E-state index contributed by atoms with van der Waals surface area (Å²) in [6.07, 6.45) is 0. The van der Waals surface area contributed by atoms with E-state index in [0.717, 1.165) is 16.8 Å². The molecule has 0 fully saturated rings. The van der Waals surface area contributed by atoms with Gasteiger partial charge in [-0.2, -0.15) is 0 Å². The molecule has 0 radical (unpaired) electrons. The van der Waals surface area contributed by atoms with Crippen LogP contribution in [-0.2, 0) is 6.54 Å². The Morgan fingerprint density at radius 1 is 1.56 bits per heavy atom. The predicted molar refractivity (Wildman–Crippen MR) is 62.8 cm³/mol. The largest absolute Gasteiger partial charge is 0.497 e. The van der Waals surface area contributed by atoms with E-state index in [-0.39, 0.29) is 11.7 Å². The first-order chi connectivity index (χ1) is 7.61. The van der Waals surface area contributed by atoms with E-state index in [0.29, 0.717) is 6.54 Å². The number of rotatable bonds is 3. The standard InChI is InChI=1S/C11H15N3O2/c1-7(12)6-14-10-4-3-8(16-2)5-9(10)13-11(14)15/h3-5,7H,6,12H2,1-2H3,(H,13,15). The number of hydrogen-bond acceptors (Lipinski definition) is 3. The molecule has 16 heavy (non-hydrogen) atoms. The van der Waals surface area contributed by atoms with Crippen molar-refractivity contribution in [3.63, 3.8) is 0 Å². The molecule has 1 atom stereocenters. The van der Waals surface area contributed by atoms with Crippen molar-refractivity contribution < 1.29 is 4.74 Å². The van der Waals surface area contributed by atoms with Crippen molar-refractivity contribution in [2.45, 2.75) is 19.5 Å². The molecular formula is C11H15N3O2. The Labute approximate surface area is 92.8 Å². The summed E-state index contributed by atoms with van der Waals surface area (Å²) < 4.78 is 6.73. The smallest absolute Gasteiger partial charge is 0.326 e. The fourth-order valence-corrected chi connectivity index (χ4v) is 1.74. The zero-order chi connectivity index (χ0) is 11.7. The fraction of sp³-hybridized carbons (Fsp3) is 0.364. The first-order valence-electron chi connectivity index (χ1n) is 5.14. The molecule has 3 N–H and O–H groups in total. The van der Waals surface area contributed by atoms with Crippen LogP contribution in [0, 0.1) is 0 Å². The lowest BCUT2D eigenvalue weighted by Gasteiger charge is -2.06. The van der Waals surface area contributed by atoms with Gasteiger partial charge in [-0.25, -0.2) is 4.79 Å². The molecule has 0 spiro atoms. The number of H-pyrrole nitrogens is 1. The molecule has 1 aromatic carbocycles. The van der Waals surface area contributed by atoms with Gasteiger partial charge in [-0.05, 0) is 19.1 Å². The van der Waals surface area contributed by atoms with E-state index in [1.165, 1.54) is 0 Å². The minimum absolute atomic E-state index is 0.0567.